The largest absolute Gasteiger partial charge is 0.480 e. The molecular formula is C24H43N3O6S. The van der Waals surface area contributed by atoms with Gasteiger partial charge in [0.1, 0.15) is 17.7 Å². The Morgan fingerprint density at radius 1 is 1.03 bits per heavy atom. The lowest BCUT2D eigenvalue weighted by Gasteiger charge is -2.29. The highest BCUT2D eigenvalue weighted by Gasteiger charge is 2.30. The van der Waals surface area contributed by atoms with Crippen molar-refractivity contribution in [2.45, 2.75) is 90.8 Å². The third-order valence-corrected chi connectivity index (χ3v) is 6.37. The number of nitrogens with one attached hydrogen (secondary N) is 3. The summed E-state index contributed by atoms with van der Waals surface area (Å²) in [5.74, 6) is -0.525. The number of alkyl carbamates (subject to hydrolysis) is 1. The summed E-state index contributed by atoms with van der Waals surface area (Å²) in [5, 5.41) is 17.6. The first-order chi connectivity index (χ1) is 15.8. The standard InChI is InChI=1S/C24H43N3O6S/c1-15(2)13-19(27-23(32)33-24(3,4)5)21(29)25-14-16-7-9-17(10-8-16)20(28)26-18(22(30)31)11-12-34-6/h15-19H,7-14H2,1-6H3,(H,25,29)(H,26,28)(H,27,32)(H,30,31)/t16?,17?,18-,19-/m1/s1. The molecule has 0 aromatic rings. The van der Waals surface area contributed by atoms with Crippen LogP contribution in [-0.2, 0) is 19.1 Å². The highest BCUT2D eigenvalue weighted by Crippen LogP contribution is 2.28. The average Bonchev–Trinajstić information content (AvgIpc) is 2.72. The van der Waals surface area contributed by atoms with Gasteiger partial charge in [0.25, 0.3) is 0 Å². The molecule has 2 atom stereocenters. The number of ether oxygens (including phenoxy) is 1. The SMILES string of the molecule is CSCC[C@@H](NC(=O)C1CCC(CNC(=O)[C@@H](CC(C)C)NC(=O)OC(C)(C)C)CC1)C(=O)O. The van der Waals surface area contributed by atoms with E-state index in [1.165, 1.54) is 0 Å². The van der Waals surface area contributed by atoms with E-state index < -0.39 is 29.7 Å². The fourth-order valence-electron chi connectivity index (χ4n) is 3.93. The predicted molar refractivity (Wildman–Crippen MR) is 134 cm³/mol. The third kappa shape index (κ3) is 11.9. The van der Waals surface area contributed by atoms with E-state index in [1.54, 1.807) is 32.5 Å². The van der Waals surface area contributed by atoms with Crippen LogP contribution in [0.4, 0.5) is 4.79 Å². The van der Waals surface area contributed by atoms with Crippen molar-refractivity contribution in [1.29, 1.82) is 0 Å². The molecule has 3 amide bonds. The lowest BCUT2D eigenvalue weighted by atomic mass is 9.81. The number of aliphatic carboxylic acids is 1. The minimum atomic E-state index is -1.00. The summed E-state index contributed by atoms with van der Waals surface area (Å²) >= 11 is 1.55. The molecule has 1 fully saturated rings. The molecule has 9 nitrogen and oxygen atoms in total. The molecule has 0 spiro atoms. The van der Waals surface area contributed by atoms with E-state index in [0.717, 1.165) is 12.8 Å². The van der Waals surface area contributed by atoms with Gasteiger partial charge in [-0.15, -0.1) is 0 Å². The number of amides is 3. The van der Waals surface area contributed by atoms with Gasteiger partial charge >= 0.3 is 12.1 Å². The predicted octanol–water partition coefficient (Wildman–Crippen LogP) is 3.17. The monoisotopic (exact) mass is 501 g/mol. The van der Waals surface area contributed by atoms with Crippen LogP contribution in [0.3, 0.4) is 0 Å². The van der Waals surface area contributed by atoms with E-state index in [9.17, 15) is 24.3 Å². The molecule has 0 unspecified atom stereocenters. The molecule has 196 valence electrons. The van der Waals surface area contributed by atoms with Crippen LogP contribution in [0.5, 0.6) is 0 Å². The van der Waals surface area contributed by atoms with Gasteiger partial charge < -0.3 is 25.8 Å². The van der Waals surface area contributed by atoms with Crippen LogP contribution >= 0.6 is 11.8 Å². The summed E-state index contributed by atoms with van der Waals surface area (Å²) in [5.41, 5.74) is -0.646. The lowest BCUT2D eigenvalue weighted by molar-refractivity contribution is -0.142. The quantitative estimate of drug-likeness (QED) is 0.323. The van der Waals surface area contributed by atoms with Gasteiger partial charge in [-0.3, -0.25) is 9.59 Å². The Balaban J connectivity index is 2.51. The Morgan fingerprint density at radius 2 is 1.65 bits per heavy atom. The van der Waals surface area contributed by atoms with Crippen molar-refractivity contribution in [1.82, 2.24) is 16.0 Å². The smallest absolute Gasteiger partial charge is 0.408 e. The van der Waals surface area contributed by atoms with Crippen molar-refractivity contribution in [3.8, 4) is 0 Å². The number of hydrogen-bond acceptors (Lipinski definition) is 6. The maximum Gasteiger partial charge on any atom is 0.408 e. The Labute approximate surface area is 207 Å². The van der Waals surface area contributed by atoms with Gasteiger partial charge in [0.05, 0.1) is 0 Å². The second-order valence-electron chi connectivity index (χ2n) is 10.5. The minimum absolute atomic E-state index is 0.199. The zero-order valence-electron chi connectivity index (χ0n) is 21.4. The van der Waals surface area contributed by atoms with Crippen molar-refractivity contribution in [2.24, 2.45) is 17.8 Å². The van der Waals surface area contributed by atoms with Crippen LogP contribution in [0.1, 0.15) is 73.1 Å². The van der Waals surface area contributed by atoms with E-state index in [0.29, 0.717) is 38.0 Å². The normalized spacial score (nSPS) is 20.2. The van der Waals surface area contributed by atoms with E-state index in [1.807, 2.05) is 20.1 Å². The fourth-order valence-corrected chi connectivity index (χ4v) is 4.40. The zero-order chi connectivity index (χ0) is 25.9. The average molecular weight is 502 g/mol. The van der Waals surface area contributed by atoms with Gasteiger partial charge in [0, 0.05) is 12.5 Å². The summed E-state index contributed by atoms with van der Waals surface area (Å²) in [4.78, 5) is 48.8. The van der Waals surface area contributed by atoms with E-state index >= 15 is 0 Å². The first kappa shape index (κ1) is 30.1. The topological polar surface area (TPSA) is 134 Å². The fraction of sp³-hybridized carbons (Fsp3) is 0.833. The molecule has 1 aliphatic carbocycles. The van der Waals surface area contributed by atoms with Gasteiger partial charge in [-0.25, -0.2) is 9.59 Å². The highest BCUT2D eigenvalue weighted by atomic mass is 32.2. The van der Waals surface area contributed by atoms with Crippen LogP contribution in [-0.4, -0.2) is 65.2 Å². The van der Waals surface area contributed by atoms with Crippen molar-refractivity contribution in [3.05, 3.63) is 0 Å². The summed E-state index contributed by atoms with van der Waals surface area (Å²) in [7, 11) is 0. The van der Waals surface area contributed by atoms with E-state index in [2.05, 4.69) is 16.0 Å². The number of carbonyl (C=O) groups is 4. The third-order valence-electron chi connectivity index (χ3n) is 5.72. The van der Waals surface area contributed by atoms with Crippen LogP contribution in [0.2, 0.25) is 0 Å². The number of carbonyl (C=O) groups excluding carboxylic acids is 3. The van der Waals surface area contributed by atoms with Crippen LogP contribution < -0.4 is 16.0 Å². The number of thioether (sulfide) groups is 1. The van der Waals surface area contributed by atoms with Crippen molar-refractivity contribution in [2.75, 3.05) is 18.6 Å². The number of carboxylic acids is 1. The maximum absolute atomic E-state index is 12.8. The van der Waals surface area contributed by atoms with Crippen molar-refractivity contribution >= 4 is 35.6 Å². The molecule has 1 aliphatic rings. The molecule has 1 saturated carbocycles. The number of carboxylic acid groups (broad SMARTS) is 1. The maximum atomic E-state index is 12.8. The van der Waals surface area contributed by atoms with E-state index in [4.69, 9.17) is 4.74 Å². The Bertz CT molecular complexity index is 687. The van der Waals surface area contributed by atoms with Crippen LogP contribution in [0.15, 0.2) is 0 Å². The molecule has 10 heteroatoms. The first-order valence-electron chi connectivity index (χ1n) is 12.1. The Kier molecular flexibility index (Phi) is 12.8. The van der Waals surface area contributed by atoms with Crippen LogP contribution in [0, 0.1) is 17.8 Å². The summed E-state index contributed by atoms with van der Waals surface area (Å²) in [6.07, 6.45) is 5.05. The molecule has 4 N–H and O–H groups in total. The molecule has 1 rings (SSSR count). The van der Waals surface area contributed by atoms with Crippen molar-refractivity contribution < 1.29 is 29.0 Å². The van der Waals surface area contributed by atoms with Gasteiger partial charge in [-0.05, 0) is 83.1 Å². The molecule has 0 aromatic heterocycles. The molecule has 0 saturated heterocycles. The van der Waals surface area contributed by atoms with Gasteiger partial charge in [-0.2, -0.15) is 11.8 Å². The lowest BCUT2D eigenvalue weighted by Crippen LogP contribution is -2.49. The highest BCUT2D eigenvalue weighted by molar-refractivity contribution is 7.98. The summed E-state index contributed by atoms with van der Waals surface area (Å²) in [6, 6.07) is -1.53. The molecular weight excluding hydrogens is 458 g/mol. The van der Waals surface area contributed by atoms with Crippen LogP contribution in [0.25, 0.3) is 0 Å². The number of hydrogen-bond donors (Lipinski definition) is 4. The molecule has 0 radical (unpaired) electrons. The first-order valence-corrected chi connectivity index (χ1v) is 13.5. The number of rotatable bonds is 12. The minimum Gasteiger partial charge on any atom is -0.480 e. The van der Waals surface area contributed by atoms with Gasteiger partial charge in [-0.1, -0.05) is 13.8 Å². The molecule has 0 bridgehead atoms. The summed E-state index contributed by atoms with van der Waals surface area (Å²) in [6.45, 7) is 9.76. The molecule has 0 heterocycles. The molecule has 0 aromatic carbocycles. The van der Waals surface area contributed by atoms with Crippen molar-refractivity contribution in [3.63, 3.8) is 0 Å². The second kappa shape index (κ2) is 14.4. The Hall–Kier alpha value is -1.97. The molecule has 34 heavy (non-hydrogen) atoms. The Morgan fingerprint density at radius 3 is 2.15 bits per heavy atom. The van der Waals surface area contributed by atoms with E-state index in [-0.39, 0.29) is 29.6 Å². The van der Waals surface area contributed by atoms with Gasteiger partial charge in [0.2, 0.25) is 11.8 Å². The zero-order valence-corrected chi connectivity index (χ0v) is 22.3. The van der Waals surface area contributed by atoms with Gasteiger partial charge in [0.15, 0.2) is 0 Å². The molecule has 0 aliphatic heterocycles. The summed E-state index contributed by atoms with van der Waals surface area (Å²) < 4.78 is 5.29. The second-order valence-corrected chi connectivity index (χ2v) is 11.5.